The summed E-state index contributed by atoms with van der Waals surface area (Å²) in [5.41, 5.74) is 3.33. The summed E-state index contributed by atoms with van der Waals surface area (Å²) < 4.78 is 5.24. The Hall–Kier alpha value is -3.58. The molecule has 0 atom stereocenters. The van der Waals surface area contributed by atoms with Crippen LogP contribution in [0.4, 0.5) is 0 Å². The van der Waals surface area contributed by atoms with Crippen molar-refractivity contribution in [2.45, 2.75) is 33.2 Å². The second-order valence-corrected chi connectivity index (χ2v) is 8.57. The lowest BCUT2D eigenvalue weighted by Crippen LogP contribution is -2.50. The van der Waals surface area contributed by atoms with Gasteiger partial charge in [0.15, 0.2) is 0 Å². The van der Waals surface area contributed by atoms with Crippen LogP contribution in [-0.2, 0) is 11.2 Å². The Bertz CT molecular complexity index is 1120. The second-order valence-electron chi connectivity index (χ2n) is 8.57. The number of nitrogens with zero attached hydrogens (tertiary/aromatic N) is 4. The van der Waals surface area contributed by atoms with Crippen LogP contribution in [0.2, 0.25) is 0 Å². The Labute approximate surface area is 206 Å². The van der Waals surface area contributed by atoms with Gasteiger partial charge in [0.05, 0.1) is 18.3 Å². The molecule has 7 nitrogen and oxygen atoms in total. The minimum absolute atomic E-state index is 0.109. The van der Waals surface area contributed by atoms with Crippen LogP contribution in [0.3, 0.4) is 0 Å². The molecule has 1 amide bonds. The molecule has 4 rings (SSSR count). The molecule has 2 heterocycles. The zero-order chi connectivity index (χ0) is 24.8. The molecule has 1 fully saturated rings. The number of aryl methyl sites for hydroxylation is 2. The molecule has 0 spiro atoms. The van der Waals surface area contributed by atoms with E-state index < -0.39 is 5.97 Å². The van der Waals surface area contributed by atoms with E-state index in [1.54, 1.807) is 18.7 Å². The smallest absolute Gasteiger partial charge is 0.342 e. The summed E-state index contributed by atoms with van der Waals surface area (Å²) in [4.78, 5) is 39.3. The molecule has 1 saturated heterocycles. The summed E-state index contributed by atoms with van der Waals surface area (Å²) in [5.74, 6) is -0.312. The second kappa shape index (κ2) is 11.2. The third-order valence-electron chi connectivity index (χ3n) is 6.31. The number of esters is 1. The van der Waals surface area contributed by atoms with Gasteiger partial charge in [-0.25, -0.2) is 14.8 Å². The molecule has 0 unspecified atom stereocenters. The van der Waals surface area contributed by atoms with Gasteiger partial charge >= 0.3 is 5.97 Å². The number of aromatic nitrogens is 2. The van der Waals surface area contributed by atoms with Crippen molar-refractivity contribution < 1.29 is 14.3 Å². The van der Waals surface area contributed by atoms with Crippen molar-refractivity contribution in [3.8, 4) is 0 Å². The van der Waals surface area contributed by atoms with Gasteiger partial charge in [-0.05, 0) is 31.4 Å². The molecule has 1 aromatic heterocycles. The Kier molecular flexibility index (Phi) is 7.87. The lowest BCUT2D eigenvalue weighted by molar-refractivity contribution is 0.0502. The van der Waals surface area contributed by atoms with E-state index in [4.69, 9.17) is 4.74 Å². The quantitative estimate of drug-likeness (QED) is 0.483. The molecule has 35 heavy (non-hydrogen) atoms. The molecular formula is C28H32N4O3. The topological polar surface area (TPSA) is 75.6 Å². The van der Waals surface area contributed by atoms with Gasteiger partial charge in [0.2, 0.25) is 0 Å². The Morgan fingerprint density at radius 3 is 1.97 bits per heavy atom. The van der Waals surface area contributed by atoms with Crippen LogP contribution in [0, 0.1) is 6.92 Å². The predicted molar refractivity (Wildman–Crippen MR) is 134 cm³/mol. The van der Waals surface area contributed by atoms with Crippen LogP contribution in [0.25, 0.3) is 0 Å². The van der Waals surface area contributed by atoms with Crippen molar-refractivity contribution in [2.24, 2.45) is 0 Å². The molecule has 182 valence electrons. The highest BCUT2D eigenvalue weighted by atomic mass is 16.5. The average Bonchev–Trinajstić information content (AvgIpc) is 2.89. The van der Waals surface area contributed by atoms with Crippen LogP contribution in [-0.4, -0.2) is 64.4 Å². The van der Waals surface area contributed by atoms with Gasteiger partial charge < -0.3 is 9.64 Å². The summed E-state index contributed by atoms with van der Waals surface area (Å²) in [6.45, 7) is 8.12. The first kappa shape index (κ1) is 24.5. The van der Waals surface area contributed by atoms with Gasteiger partial charge in [-0.1, -0.05) is 67.6 Å². The summed E-state index contributed by atoms with van der Waals surface area (Å²) in [6.07, 6.45) is 0.515. The summed E-state index contributed by atoms with van der Waals surface area (Å²) in [7, 11) is 0. The normalized spacial score (nSPS) is 14.2. The van der Waals surface area contributed by atoms with Gasteiger partial charge in [0.1, 0.15) is 17.1 Å². The molecule has 1 aliphatic heterocycles. The van der Waals surface area contributed by atoms with Crippen molar-refractivity contribution in [3.05, 3.63) is 94.6 Å². The fourth-order valence-corrected chi connectivity index (χ4v) is 4.68. The average molecular weight is 473 g/mol. The lowest BCUT2D eigenvalue weighted by Gasteiger charge is -2.39. The molecule has 3 aromatic rings. The van der Waals surface area contributed by atoms with E-state index in [-0.39, 0.29) is 29.8 Å². The number of amides is 1. The van der Waals surface area contributed by atoms with Gasteiger partial charge in [0.25, 0.3) is 5.91 Å². The van der Waals surface area contributed by atoms with E-state index in [0.29, 0.717) is 44.1 Å². The number of hydrogen-bond acceptors (Lipinski definition) is 6. The number of hydrogen-bond donors (Lipinski definition) is 0. The largest absolute Gasteiger partial charge is 0.462 e. The molecule has 0 saturated carbocycles. The minimum atomic E-state index is -0.542. The first-order valence-electron chi connectivity index (χ1n) is 12.2. The monoisotopic (exact) mass is 472 g/mol. The molecule has 0 aliphatic carbocycles. The molecule has 7 heteroatoms. The van der Waals surface area contributed by atoms with Crippen LogP contribution in [0.15, 0.2) is 60.7 Å². The first-order chi connectivity index (χ1) is 17.0. The zero-order valence-corrected chi connectivity index (χ0v) is 20.6. The molecule has 2 aromatic carbocycles. The lowest BCUT2D eigenvalue weighted by atomic mass is 9.96. The SMILES string of the molecule is CCOC(=O)c1c(CC)nc(C)nc1C(=O)N1CCN(C(c2ccccc2)c2ccccc2)CC1. The number of piperazine rings is 1. The van der Waals surface area contributed by atoms with Crippen LogP contribution >= 0.6 is 0 Å². The summed E-state index contributed by atoms with van der Waals surface area (Å²) >= 11 is 0. The van der Waals surface area contributed by atoms with Crippen molar-refractivity contribution >= 4 is 11.9 Å². The first-order valence-corrected chi connectivity index (χ1v) is 12.2. The number of rotatable bonds is 7. The van der Waals surface area contributed by atoms with Crippen molar-refractivity contribution in [2.75, 3.05) is 32.8 Å². The number of ether oxygens (including phenoxy) is 1. The fourth-order valence-electron chi connectivity index (χ4n) is 4.68. The maximum Gasteiger partial charge on any atom is 0.342 e. The minimum Gasteiger partial charge on any atom is -0.462 e. The van der Waals surface area contributed by atoms with Gasteiger partial charge in [-0.3, -0.25) is 9.69 Å². The van der Waals surface area contributed by atoms with Gasteiger partial charge in [-0.2, -0.15) is 0 Å². The Morgan fingerprint density at radius 1 is 0.886 bits per heavy atom. The third-order valence-corrected chi connectivity index (χ3v) is 6.31. The predicted octanol–water partition coefficient (Wildman–Crippen LogP) is 4.07. The number of benzene rings is 2. The maximum absolute atomic E-state index is 13.6. The zero-order valence-electron chi connectivity index (χ0n) is 20.6. The summed E-state index contributed by atoms with van der Waals surface area (Å²) in [5, 5.41) is 0. The van der Waals surface area contributed by atoms with E-state index in [9.17, 15) is 9.59 Å². The highest BCUT2D eigenvalue weighted by molar-refractivity contribution is 6.04. The van der Waals surface area contributed by atoms with Gasteiger partial charge in [-0.15, -0.1) is 0 Å². The molecule has 1 aliphatic rings. The van der Waals surface area contributed by atoms with Gasteiger partial charge in [0, 0.05) is 26.2 Å². The van der Waals surface area contributed by atoms with E-state index in [1.165, 1.54) is 11.1 Å². The molecule has 0 bridgehead atoms. The Balaban J connectivity index is 1.57. The van der Waals surface area contributed by atoms with Crippen molar-refractivity contribution in [1.29, 1.82) is 0 Å². The number of carbonyl (C=O) groups excluding carboxylic acids is 2. The molecule has 0 N–H and O–H groups in total. The van der Waals surface area contributed by atoms with Crippen LogP contribution in [0.1, 0.15) is 63.4 Å². The fraction of sp³-hybridized carbons (Fsp3) is 0.357. The summed E-state index contributed by atoms with van der Waals surface area (Å²) in [6, 6.07) is 21.0. The van der Waals surface area contributed by atoms with E-state index >= 15 is 0 Å². The standard InChI is InChI=1S/C28H32N4O3/c1-4-23-24(28(34)35-5-2)25(30-20(3)29-23)27(33)32-18-16-31(17-19-32)26(21-12-8-6-9-13-21)22-14-10-7-11-15-22/h6-15,26H,4-5,16-19H2,1-3H3. The van der Waals surface area contributed by atoms with Crippen molar-refractivity contribution in [1.82, 2.24) is 19.8 Å². The highest BCUT2D eigenvalue weighted by Gasteiger charge is 2.32. The van der Waals surface area contributed by atoms with Crippen molar-refractivity contribution in [3.63, 3.8) is 0 Å². The highest BCUT2D eigenvalue weighted by Crippen LogP contribution is 2.30. The van der Waals surface area contributed by atoms with Crippen LogP contribution < -0.4 is 0 Å². The van der Waals surface area contributed by atoms with E-state index in [2.05, 4.69) is 63.4 Å². The number of carbonyl (C=O) groups is 2. The maximum atomic E-state index is 13.6. The Morgan fingerprint density at radius 2 is 1.46 bits per heavy atom. The third kappa shape index (κ3) is 5.41. The molecule has 0 radical (unpaired) electrons. The molecular weight excluding hydrogens is 440 g/mol. The van der Waals surface area contributed by atoms with E-state index in [1.807, 2.05) is 19.1 Å². The van der Waals surface area contributed by atoms with Crippen LogP contribution in [0.5, 0.6) is 0 Å². The van der Waals surface area contributed by atoms with E-state index in [0.717, 1.165) is 0 Å².